The number of H-pyrrole nitrogens is 6. The van der Waals surface area contributed by atoms with Gasteiger partial charge in [-0.25, -0.2) is 30.0 Å². The molecule has 0 aliphatic rings. The summed E-state index contributed by atoms with van der Waals surface area (Å²) in [5, 5.41) is 106. The molecule has 0 saturated carbocycles. The van der Waals surface area contributed by atoms with Gasteiger partial charge < -0.3 is 9.47 Å². The number of hydrogen-bond donors (Lipinski definition) is 6. The average molecular weight is 2090 g/mol. The monoisotopic (exact) mass is 2090 g/mol. The van der Waals surface area contributed by atoms with Crippen LogP contribution in [0.3, 0.4) is 0 Å². The fourth-order valence-corrected chi connectivity index (χ4v) is 16.4. The predicted molar refractivity (Wildman–Crippen MR) is 597 cm³/mol. The van der Waals surface area contributed by atoms with Crippen LogP contribution in [-0.4, -0.2) is 113 Å². The Morgan fingerprint density at radius 1 is 0.260 bits per heavy atom. The number of benzene rings is 13. The Labute approximate surface area is 896 Å². The minimum Gasteiger partial charge on any atom is -0.497 e. The Bertz CT molecular complexity index is 8020. The van der Waals surface area contributed by atoms with Crippen LogP contribution in [0.2, 0.25) is 30.1 Å². The first-order chi connectivity index (χ1) is 73.0. The lowest BCUT2D eigenvalue weighted by Crippen LogP contribution is -1.91. The first kappa shape index (κ1) is 107. The summed E-state index contributed by atoms with van der Waals surface area (Å²) in [5.74, 6) is 3.89. The number of hydrogen-bond acceptors (Lipinski definition) is 20. The van der Waals surface area contributed by atoms with Gasteiger partial charge in [-0.3, -0.25) is 30.6 Å². The van der Waals surface area contributed by atoms with Crippen LogP contribution >= 0.6 is 69.6 Å². The summed E-state index contributed by atoms with van der Waals surface area (Å²) in [6.45, 7) is 8.07. The maximum absolute atomic E-state index is 9.58. The molecule has 738 valence electrons. The molecule has 0 aliphatic carbocycles. The molecule has 0 amide bonds. The summed E-state index contributed by atoms with van der Waals surface area (Å²) in [5.41, 5.74) is 23.3. The van der Waals surface area contributed by atoms with Crippen molar-refractivity contribution in [3.63, 3.8) is 0 Å². The van der Waals surface area contributed by atoms with E-state index in [0.29, 0.717) is 148 Å². The minimum atomic E-state index is 0.365. The van der Waals surface area contributed by atoms with Gasteiger partial charge in [0.25, 0.3) is 0 Å². The van der Waals surface area contributed by atoms with E-state index < -0.39 is 0 Å². The van der Waals surface area contributed by atoms with Crippen LogP contribution in [0.25, 0.3) is 10.8 Å². The first-order valence-electron chi connectivity index (χ1n) is 46.5. The van der Waals surface area contributed by atoms with Gasteiger partial charge >= 0.3 is 0 Å². The van der Waals surface area contributed by atoms with E-state index in [9.17, 15) is 31.6 Å². The number of ether oxygens (including phenoxy) is 2. The van der Waals surface area contributed by atoms with Gasteiger partial charge in [0, 0.05) is 112 Å². The molecule has 26 nitrogen and oxygen atoms in total. The molecule has 0 spiro atoms. The standard InChI is InChI=1S/C22H15ClN4.C20H17ClN4O.C19H15ClN4O.3C19H15ClN4/c23-18-9-3-5-15(11-18)12-21-20(13-24)22(27-26-21)25-14-17-8-4-7-16-6-1-2-10-19(16)17;1-13-6-7-15(10-19(13)26-2)12-23-20-17(11-22)18(24-25-20)9-14-4-3-5-16(21)8-14;1-25-16-7-5-13(6-8-16)12-22-19-17(11-21)18(23-24-19)10-14-3-2-4-15(20)9-14;3*1-13-5-7-14(8-6-13)12-22-19-17(11-21)18(23-24-19)10-15-3-2-4-16(20)9-15/h1-11,14H,12H2,(H,26,27);3-8,10,12H,9H2,1-2H3,(H,24,25);2-9,12H,10H2,1H3,(H,23,24);3*2-9,12H,10H2,1H3,(H,23,24). The molecule has 0 aliphatic heterocycles. The van der Waals surface area contributed by atoms with E-state index in [1.807, 2.05) is 313 Å². The number of fused-ring (bicyclic) bond motifs is 1. The number of aromatic nitrogens is 12. The number of methoxy groups -OCH3 is 2. The molecule has 0 saturated heterocycles. The van der Waals surface area contributed by atoms with Gasteiger partial charge in [0.2, 0.25) is 0 Å². The summed E-state index contributed by atoms with van der Waals surface area (Å²) >= 11 is 36.1. The van der Waals surface area contributed by atoms with Crippen molar-refractivity contribution in [1.29, 1.82) is 31.6 Å². The molecule has 0 unspecified atom stereocenters. The van der Waals surface area contributed by atoms with E-state index in [2.05, 4.69) is 146 Å². The zero-order chi connectivity index (χ0) is 106. The third-order valence-electron chi connectivity index (χ3n) is 22.8. The van der Waals surface area contributed by atoms with Crippen LogP contribution in [0.4, 0.5) is 34.9 Å². The highest BCUT2D eigenvalue weighted by Crippen LogP contribution is 2.32. The fourth-order valence-electron chi connectivity index (χ4n) is 15.1. The largest absolute Gasteiger partial charge is 0.497 e. The van der Waals surface area contributed by atoms with E-state index in [1.165, 1.54) is 16.7 Å². The quantitative estimate of drug-likeness (QED) is 0.0275. The molecular weight excluding hydrogens is 2000 g/mol. The van der Waals surface area contributed by atoms with Crippen LogP contribution in [0.1, 0.15) is 157 Å². The number of nitrogens with zero attached hydrogens (tertiary/aromatic N) is 18. The maximum Gasteiger partial charge on any atom is 0.191 e. The van der Waals surface area contributed by atoms with Gasteiger partial charge in [-0.15, -0.1) is 0 Å². The second-order valence-corrected chi connectivity index (χ2v) is 36.4. The Morgan fingerprint density at radius 3 is 0.760 bits per heavy atom. The predicted octanol–water partition coefficient (Wildman–Crippen LogP) is 28.1. The Kier molecular flexibility index (Phi) is 38.7. The van der Waals surface area contributed by atoms with E-state index in [-0.39, 0.29) is 0 Å². The molecule has 6 aromatic heterocycles. The summed E-state index contributed by atoms with van der Waals surface area (Å²) < 4.78 is 10.4. The van der Waals surface area contributed by atoms with E-state index in [1.54, 1.807) is 51.5 Å². The van der Waals surface area contributed by atoms with Crippen molar-refractivity contribution in [2.45, 2.75) is 66.2 Å². The Morgan fingerprint density at radius 2 is 0.500 bits per heavy atom. The van der Waals surface area contributed by atoms with Crippen LogP contribution in [0.5, 0.6) is 11.5 Å². The summed E-state index contributed by atoms with van der Waals surface area (Å²) in [4.78, 5) is 26.2. The zero-order valence-electron chi connectivity index (χ0n) is 81.7. The molecule has 13 aromatic carbocycles. The zero-order valence-corrected chi connectivity index (χ0v) is 86.2. The van der Waals surface area contributed by atoms with Gasteiger partial charge in [-0.1, -0.05) is 286 Å². The minimum absolute atomic E-state index is 0.365. The van der Waals surface area contributed by atoms with Crippen LogP contribution in [-0.2, 0) is 38.5 Å². The number of nitrogens with one attached hydrogen (secondary N) is 6. The van der Waals surface area contributed by atoms with Crippen LogP contribution in [0, 0.1) is 95.7 Å². The second kappa shape index (κ2) is 54.0. The maximum atomic E-state index is 9.58. The molecular formula is C118H92Cl6N24O2. The molecule has 0 bridgehead atoms. The van der Waals surface area contributed by atoms with Crippen molar-refractivity contribution in [1.82, 2.24) is 61.2 Å². The van der Waals surface area contributed by atoms with Gasteiger partial charge in [0.15, 0.2) is 34.9 Å². The summed E-state index contributed by atoms with van der Waals surface area (Å²) in [6.07, 6.45) is 13.5. The van der Waals surface area contributed by atoms with Gasteiger partial charge in [-0.2, -0.15) is 62.2 Å². The van der Waals surface area contributed by atoms with Gasteiger partial charge in [0.1, 0.15) is 81.3 Å². The van der Waals surface area contributed by atoms with Crippen molar-refractivity contribution in [3.8, 4) is 47.9 Å². The van der Waals surface area contributed by atoms with Gasteiger partial charge in [-0.05, 0) is 208 Å². The SMILES string of the molecule is COc1cc(C=Nc2n[nH]c(Cc3cccc(Cl)c3)c2C#N)ccc1C.COc1ccc(C=Nc2n[nH]c(Cc3cccc(Cl)c3)c2C#N)cc1.Cc1ccc(C=Nc2n[nH]c(Cc3cccc(Cl)c3)c2C#N)cc1.Cc1ccc(C=Nc2n[nH]c(Cc3cccc(Cl)c3)c2C#N)cc1.Cc1ccc(C=Nc2n[nH]c(Cc3cccc(Cl)c3)c2C#N)cc1.N#Cc1c(N=Cc2cccc3ccccc23)n[nH]c1Cc1cccc(Cl)c1. The van der Waals surface area contributed by atoms with Gasteiger partial charge in [0.05, 0.1) is 48.4 Å². The van der Waals surface area contributed by atoms with E-state index in [4.69, 9.17) is 79.1 Å². The van der Waals surface area contributed by atoms with Crippen molar-refractivity contribution in [3.05, 3.63) is 490 Å². The molecule has 19 aromatic rings. The first-order valence-corrected chi connectivity index (χ1v) is 48.8. The average Bonchev–Trinajstić information content (AvgIpc) is 1.05. The number of nitriles is 6. The van der Waals surface area contributed by atoms with Crippen molar-refractivity contribution in [2.75, 3.05) is 14.2 Å². The highest BCUT2D eigenvalue weighted by molar-refractivity contribution is 6.32. The highest BCUT2D eigenvalue weighted by atomic mass is 35.5. The lowest BCUT2D eigenvalue weighted by molar-refractivity contribution is 0.411. The highest BCUT2D eigenvalue weighted by Gasteiger charge is 2.21. The number of aliphatic imine (C=N–C) groups is 6. The summed E-state index contributed by atoms with van der Waals surface area (Å²) in [7, 11) is 3.25. The summed E-state index contributed by atoms with van der Waals surface area (Å²) in [6, 6.07) is 110. The molecule has 0 atom stereocenters. The molecule has 0 fully saturated rings. The van der Waals surface area contributed by atoms with E-state index >= 15 is 0 Å². The third kappa shape index (κ3) is 30.9. The molecule has 0 radical (unpaired) electrons. The second-order valence-electron chi connectivity index (χ2n) is 33.8. The molecule has 6 N–H and O–H groups in total. The number of halogens is 6. The smallest absolute Gasteiger partial charge is 0.191 e. The number of aromatic amines is 6. The topological polar surface area (TPSA) is 407 Å². The Balaban J connectivity index is 0.000000142. The van der Waals surface area contributed by atoms with E-state index in [0.717, 1.165) is 117 Å². The van der Waals surface area contributed by atoms with Crippen molar-refractivity contribution < 1.29 is 9.47 Å². The van der Waals surface area contributed by atoms with Crippen molar-refractivity contribution in [2.24, 2.45) is 30.0 Å². The Hall–Kier alpha value is -18.3. The molecule has 19 rings (SSSR count). The molecule has 6 heterocycles. The lowest BCUT2D eigenvalue weighted by atomic mass is 10.1. The molecule has 32 heteroatoms. The number of rotatable bonds is 26. The third-order valence-corrected chi connectivity index (χ3v) is 24.2. The lowest BCUT2D eigenvalue weighted by Gasteiger charge is -2.04. The normalized spacial score (nSPS) is 10.9. The number of aryl methyl sites for hydroxylation is 4. The fraction of sp³-hybridized carbons (Fsp3) is 0.102. The van der Waals surface area contributed by atoms with Crippen LogP contribution < -0.4 is 9.47 Å². The van der Waals surface area contributed by atoms with Crippen LogP contribution in [0.15, 0.2) is 333 Å². The molecule has 150 heavy (non-hydrogen) atoms. The van der Waals surface area contributed by atoms with Crippen molar-refractivity contribution >= 4 is 153 Å².